The monoisotopic (exact) mass is 362 g/mol. The third-order valence-electron chi connectivity index (χ3n) is 6.76. The maximum Gasteiger partial charge on any atom is 0.142 e. The van der Waals surface area contributed by atoms with Crippen LogP contribution >= 0.6 is 0 Å². The number of anilines is 1. The van der Waals surface area contributed by atoms with Crippen molar-refractivity contribution in [2.45, 2.75) is 76.5 Å². The van der Waals surface area contributed by atoms with Gasteiger partial charge < -0.3 is 5.73 Å². The average Bonchev–Trinajstić information content (AvgIpc) is 3.40. The molecule has 1 aliphatic carbocycles. The summed E-state index contributed by atoms with van der Waals surface area (Å²) in [6.45, 7) is 2.88. The van der Waals surface area contributed by atoms with E-state index in [1.54, 1.807) is 0 Å². The fourth-order valence-electron chi connectivity index (χ4n) is 5.64. The van der Waals surface area contributed by atoms with Gasteiger partial charge in [0.1, 0.15) is 17.5 Å². The molecule has 2 aromatic rings. The molecule has 2 aromatic heterocycles. The fraction of sp³-hybridized carbons (Fsp3) is 0.571. The Morgan fingerprint density at radius 3 is 2.74 bits per heavy atom. The average molecular weight is 362 g/mol. The second-order valence-electron chi connectivity index (χ2n) is 8.14. The molecule has 5 rings (SSSR count). The van der Waals surface area contributed by atoms with Gasteiger partial charge in [-0.05, 0) is 32.6 Å². The first-order chi connectivity index (χ1) is 13.2. The third-order valence-corrected chi connectivity index (χ3v) is 6.76. The zero-order valence-electron chi connectivity index (χ0n) is 15.9. The predicted octanol–water partition coefficient (Wildman–Crippen LogP) is 3.42. The first-order valence-corrected chi connectivity index (χ1v) is 10.2. The van der Waals surface area contributed by atoms with Crippen LogP contribution in [0.15, 0.2) is 12.4 Å². The topological polar surface area (TPSA) is 83.8 Å². The van der Waals surface area contributed by atoms with Crippen molar-refractivity contribution in [1.29, 1.82) is 5.26 Å². The van der Waals surface area contributed by atoms with Gasteiger partial charge in [-0.25, -0.2) is 4.98 Å². The third kappa shape index (κ3) is 2.49. The van der Waals surface area contributed by atoms with Gasteiger partial charge in [0.25, 0.3) is 0 Å². The molecule has 2 fully saturated rings. The zero-order valence-corrected chi connectivity index (χ0v) is 15.9. The van der Waals surface area contributed by atoms with Gasteiger partial charge in [0.2, 0.25) is 0 Å². The van der Waals surface area contributed by atoms with Crippen LogP contribution in [0.4, 0.5) is 5.82 Å². The molecule has 2 bridgehead atoms. The van der Waals surface area contributed by atoms with E-state index in [1.807, 2.05) is 17.1 Å². The number of aromatic nitrogens is 3. The van der Waals surface area contributed by atoms with E-state index in [2.05, 4.69) is 23.0 Å². The molecular formula is C21H26N6. The minimum atomic E-state index is 0.363. The Morgan fingerprint density at radius 1 is 1.22 bits per heavy atom. The largest absolute Gasteiger partial charge is 0.383 e. The summed E-state index contributed by atoms with van der Waals surface area (Å²) in [6, 6.07) is 3.97. The summed E-state index contributed by atoms with van der Waals surface area (Å²) in [5, 5.41) is 14.3. The second kappa shape index (κ2) is 6.35. The Labute approximate surface area is 160 Å². The summed E-state index contributed by atoms with van der Waals surface area (Å²) in [4.78, 5) is 7.47. The summed E-state index contributed by atoms with van der Waals surface area (Å²) in [5.41, 5.74) is 11.1. The van der Waals surface area contributed by atoms with Crippen molar-refractivity contribution >= 4 is 5.82 Å². The van der Waals surface area contributed by atoms with Crippen LogP contribution in [0.2, 0.25) is 0 Å². The van der Waals surface area contributed by atoms with Crippen molar-refractivity contribution in [3.05, 3.63) is 29.2 Å². The lowest BCUT2D eigenvalue weighted by Crippen LogP contribution is -2.44. The minimum absolute atomic E-state index is 0.363. The maximum atomic E-state index is 9.86. The Hall–Kier alpha value is -2.39. The number of pyridine rings is 1. The highest BCUT2D eigenvalue weighted by atomic mass is 15.3. The highest BCUT2D eigenvalue weighted by molar-refractivity contribution is 5.79. The molecule has 0 unspecified atom stereocenters. The Bertz CT molecular complexity index is 917. The fourth-order valence-corrected chi connectivity index (χ4v) is 5.64. The number of aryl methyl sites for hydroxylation is 1. The SMILES string of the molecule is CCn1cc(-c2c(C#N)c(N)nc3c2[C@@H]2CC[C@H](C3)N2C2CCCC2)cn1. The molecule has 0 aromatic carbocycles. The van der Waals surface area contributed by atoms with Crippen LogP contribution in [-0.2, 0) is 13.0 Å². The summed E-state index contributed by atoms with van der Waals surface area (Å²) in [5.74, 6) is 0.365. The quantitative estimate of drug-likeness (QED) is 0.904. The van der Waals surface area contributed by atoms with Crippen LogP contribution in [0.3, 0.4) is 0 Å². The van der Waals surface area contributed by atoms with Crippen molar-refractivity contribution in [3.63, 3.8) is 0 Å². The van der Waals surface area contributed by atoms with E-state index in [9.17, 15) is 5.26 Å². The lowest BCUT2D eigenvalue weighted by Gasteiger charge is -2.41. The lowest BCUT2D eigenvalue weighted by molar-refractivity contribution is 0.116. The van der Waals surface area contributed by atoms with Gasteiger partial charge in [-0.1, -0.05) is 12.8 Å². The molecule has 2 aliphatic heterocycles. The van der Waals surface area contributed by atoms with Crippen LogP contribution in [0.1, 0.15) is 68.3 Å². The molecule has 3 aliphatic rings. The van der Waals surface area contributed by atoms with E-state index in [0.717, 1.165) is 36.2 Å². The number of nitrogens with zero attached hydrogens (tertiary/aromatic N) is 5. The molecule has 4 heterocycles. The van der Waals surface area contributed by atoms with E-state index < -0.39 is 0 Å². The van der Waals surface area contributed by atoms with Gasteiger partial charge in [0, 0.05) is 59.7 Å². The van der Waals surface area contributed by atoms with Gasteiger partial charge in [-0.15, -0.1) is 0 Å². The summed E-state index contributed by atoms with van der Waals surface area (Å²) in [7, 11) is 0. The molecule has 1 saturated heterocycles. The molecule has 2 atom stereocenters. The van der Waals surface area contributed by atoms with Crippen molar-refractivity contribution in [2.75, 3.05) is 5.73 Å². The normalized spacial score (nSPS) is 24.9. The van der Waals surface area contributed by atoms with Crippen molar-refractivity contribution < 1.29 is 0 Å². The molecule has 2 N–H and O–H groups in total. The van der Waals surface area contributed by atoms with E-state index in [1.165, 1.54) is 37.7 Å². The van der Waals surface area contributed by atoms with E-state index in [0.29, 0.717) is 29.5 Å². The number of nitrogen functional groups attached to an aromatic ring is 1. The number of nitriles is 1. The molecule has 0 spiro atoms. The molecule has 6 nitrogen and oxygen atoms in total. The maximum absolute atomic E-state index is 9.86. The van der Waals surface area contributed by atoms with Crippen molar-refractivity contribution in [2.24, 2.45) is 0 Å². The Kier molecular flexibility index (Phi) is 3.94. The number of hydrogen-bond acceptors (Lipinski definition) is 5. The summed E-state index contributed by atoms with van der Waals surface area (Å²) >= 11 is 0. The van der Waals surface area contributed by atoms with Crippen LogP contribution in [-0.4, -0.2) is 31.7 Å². The minimum Gasteiger partial charge on any atom is -0.383 e. The summed E-state index contributed by atoms with van der Waals surface area (Å²) < 4.78 is 1.91. The second-order valence-corrected chi connectivity index (χ2v) is 8.14. The Morgan fingerprint density at radius 2 is 2.04 bits per heavy atom. The predicted molar refractivity (Wildman–Crippen MR) is 104 cm³/mol. The molecule has 0 radical (unpaired) electrons. The van der Waals surface area contributed by atoms with Gasteiger partial charge in [-0.2, -0.15) is 10.4 Å². The number of fused-ring (bicyclic) bond motifs is 4. The molecule has 6 heteroatoms. The van der Waals surface area contributed by atoms with Gasteiger partial charge >= 0.3 is 0 Å². The zero-order chi connectivity index (χ0) is 18.5. The Balaban J connectivity index is 1.70. The van der Waals surface area contributed by atoms with Crippen LogP contribution < -0.4 is 5.73 Å². The molecule has 0 amide bonds. The standard InChI is InChI=1S/C21H26N6/c1-2-26-12-13(11-24-26)19-16(10-22)21(23)25-17-9-15-7-8-18(20(17)19)27(15)14-5-3-4-6-14/h11-12,14-15,18H,2-9H2,1H3,(H2,23,25)/t15-,18+/m1/s1. The molecule has 140 valence electrons. The number of rotatable bonds is 3. The number of nitrogens with two attached hydrogens (primary N) is 1. The van der Waals surface area contributed by atoms with Gasteiger partial charge in [-0.3, -0.25) is 9.58 Å². The van der Waals surface area contributed by atoms with Gasteiger partial charge in [0.05, 0.1) is 6.20 Å². The first kappa shape index (κ1) is 16.8. The van der Waals surface area contributed by atoms with Crippen molar-refractivity contribution in [3.8, 4) is 17.2 Å². The molecule has 27 heavy (non-hydrogen) atoms. The van der Waals surface area contributed by atoms with E-state index in [4.69, 9.17) is 10.7 Å². The van der Waals surface area contributed by atoms with Crippen LogP contribution in [0.5, 0.6) is 0 Å². The van der Waals surface area contributed by atoms with E-state index in [-0.39, 0.29) is 0 Å². The number of hydrogen-bond donors (Lipinski definition) is 1. The van der Waals surface area contributed by atoms with Gasteiger partial charge in [0.15, 0.2) is 0 Å². The molecular weight excluding hydrogens is 336 g/mol. The first-order valence-electron chi connectivity index (χ1n) is 10.2. The smallest absolute Gasteiger partial charge is 0.142 e. The highest BCUT2D eigenvalue weighted by Gasteiger charge is 2.46. The van der Waals surface area contributed by atoms with Crippen LogP contribution in [0.25, 0.3) is 11.1 Å². The summed E-state index contributed by atoms with van der Waals surface area (Å²) in [6.07, 6.45) is 12.5. The lowest BCUT2D eigenvalue weighted by atomic mass is 9.87. The highest BCUT2D eigenvalue weighted by Crippen LogP contribution is 2.50. The molecule has 1 saturated carbocycles. The van der Waals surface area contributed by atoms with Crippen molar-refractivity contribution in [1.82, 2.24) is 19.7 Å². The van der Waals surface area contributed by atoms with E-state index >= 15 is 0 Å². The van der Waals surface area contributed by atoms with Crippen LogP contribution in [0, 0.1) is 11.3 Å².